The lowest BCUT2D eigenvalue weighted by Gasteiger charge is -2.13. The van der Waals surface area contributed by atoms with Crippen molar-refractivity contribution in [3.8, 4) is 0 Å². The molecular formula is C25H24ClN5O2. The minimum atomic E-state index is -0.220. The van der Waals surface area contributed by atoms with Crippen molar-refractivity contribution in [1.29, 1.82) is 0 Å². The number of nitrogens with one attached hydrogen (secondary N) is 3. The van der Waals surface area contributed by atoms with E-state index in [0.29, 0.717) is 17.0 Å². The first-order valence-corrected chi connectivity index (χ1v) is 11.0. The highest BCUT2D eigenvalue weighted by atomic mass is 35.5. The van der Waals surface area contributed by atoms with Gasteiger partial charge in [0.1, 0.15) is 0 Å². The molecule has 0 radical (unpaired) electrons. The Balaban J connectivity index is 1.40. The Morgan fingerprint density at radius 2 is 1.85 bits per heavy atom. The lowest BCUT2D eigenvalue weighted by Crippen LogP contribution is -2.23. The van der Waals surface area contributed by atoms with Gasteiger partial charge in [0, 0.05) is 29.7 Å². The monoisotopic (exact) mass is 461 g/mol. The van der Waals surface area contributed by atoms with Crippen LogP contribution in [0.3, 0.4) is 0 Å². The molecule has 8 heteroatoms. The second-order valence-corrected chi connectivity index (χ2v) is 8.40. The van der Waals surface area contributed by atoms with Crippen molar-refractivity contribution >= 4 is 34.3 Å². The molecule has 0 saturated carbocycles. The lowest BCUT2D eigenvalue weighted by atomic mass is 10.0. The number of pyridine rings is 1. The normalized spacial score (nSPS) is 11.8. The smallest absolute Gasteiger partial charge is 0.253 e. The van der Waals surface area contributed by atoms with Gasteiger partial charge in [-0.1, -0.05) is 35.9 Å². The van der Waals surface area contributed by atoms with Crippen LogP contribution in [0.1, 0.15) is 52.6 Å². The van der Waals surface area contributed by atoms with E-state index in [0.717, 1.165) is 33.3 Å². The van der Waals surface area contributed by atoms with Gasteiger partial charge in [-0.2, -0.15) is 5.10 Å². The summed E-state index contributed by atoms with van der Waals surface area (Å²) in [4.78, 5) is 28.2. The molecule has 1 atom stereocenters. The quantitative estimate of drug-likeness (QED) is 0.381. The third-order valence-corrected chi connectivity index (χ3v) is 5.62. The Labute approximate surface area is 196 Å². The van der Waals surface area contributed by atoms with E-state index in [1.807, 2.05) is 49.4 Å². The number of aromatic nitrogens is 3. The van der Waals surface area contributed by atoms with Crippen LogP contribution in [0.25, 0.3) is 10.9 Å². The number of rotatable bonds is 7. The Morgan fingerprint density at radius 3 is 2.61 bits per heavy atom. The summed E-state index contributed by atoms with van der Waals surface area (Å²) in [5.41, 5.74) is 5.13. The van der Waals surface area contributed by atoms with Gasteiger partial charge in [-0.3, -0.25) is 19.7 Å². The van der Waals surface area contributed by atoms with E-state index < -0.39 is 0 Å². The Bertz CT molecular complexity index is 1300. The molecule has 0 aliphatic heterocycles. The lowest BCUT2D eigenvalue weighted by molar-refractivity contribution is -0.119. The summed E-state index contributed by atoms with van der Waals surface area (Å²) in [7, 11) is 0. The molecule has 0 unspecified atom stereocenters. The van der Waals surface area contributed by atoms with E-state index in [4.69, 9.17) is 11.6 Å². The first-order chi connectivity index (χ1) is 15.9. The van der Waals surface area contributed by atoms with Crippen LogP contribution in [-0.4, -0.2) is 27.0 Å². The maximum Gasteiger partial charge on any atom is 0.253 e. The van der Waals surface area contributed by atoms with E-state index >= 15 is 0 Å². The zero-order valence-electron chi connectivity index (χ0n) is 18.4. The molecule has 0 aliphatic rings. The molecular weight excluding hydrogens is 438 g/mol. The molecule has 3 N–H and O–H groups in total. The summed E-state index contributed by atoms with van der Waals surface area (Å²) in [6, 6.07) is 15.3. The number of nitrogens with zero attached hydrogens (tertiary/aromatic N) is 2. The van der Waals surface area contributed by atoms with Crippen LogP contribution in [0, 0.1) is 0 Å². The van der Waals surface area contributed by atoms with Gasteiger partial charge in [-0.05, 0) is 54.3 Å². The second-order valence-electron chi connectivity index (χ2n) is 7.97. The molecule has 2 aromatic carbocycles. The summed E-state index contributed by atoms with van der Waals surface area (Å²) < 4.78 is 0. The fraction of sp³-hybridized carbons (Fsp3) is 0.200. The molecule has 0 bridgehead atoms. The highest BCUT2D eigenvalue weighted by Crippen LogP contribution is 2.21. The van der Waals surface area contributed by atoms with Crippen molar-refractivity contribution in [3.63, 3.8) is 0 Å². The predicted molar refractivity (Wildman–Crippen MR) is 128 cm³/mol. The Kier molecular flexibility index (Phi) is 6.70. The fourth-order valence-corrected chi connectivity index (χ4v) is 3.87. The number of halogens is 1. The number of amides is 2. The van der Waals surface area contributed by atoms with Crippen molar-refractivity contribution in [2.24, 2.45) is 0 Å². The van der Waals surface area contributed by atoms with Gasteiger partial charge in [0.2, 0.25) is 5.91 Å². The van der Waals surface area contributed by atoms with Crippen LogP contribution in [0.15, 0.2) is 60.9 Å². The molecule has 4 aromatic rings. The molecule has 0 fully saturated rings. The standard InChI is InChI=1S/C25H24ClN5O2/c1-15(29-16(2)32)19-5-3-17(4-6-19)9-18-10-20(13-27-12-18)25(33)28-14-24-22-11-21(26)7-8-23(22)30-31-24/h3-8,10-13,15H,9,14H2,1-2H3,(H,28,33)(H,29,32)(H,30,31)/t15-/m0/s1. The van der Waals surface area contributed by atoms with E-state index in [-0.39, 0.29) is 24.4 Å². The second kappa shape index (κ2) is 9.83. The van der Waals surface area contributed by atoms with Crippen molar-refractivity contribution in [2.75, 3.05) is 0 Å². The number of hydrogen-bond donors (Lipinski definition) is 3. The first-order valence-electron chi connectivity index (χ1n) is 10.6. The van der Waals surface area contributed by atoms with Crippen molar-refractivity contribution in [3.05, 3.63) is 93.9 Å². The van der Waals surface area contributed by atoms with Crippen LogP contribution in [0.5, 0.6) is 0 Å². The average molecular weight is 462 g/mol. The van der Waals surface area contributed by atoms with E-state index in [1.54, 1.807) is 18.5 Å². The van der Waals surface area contributed by atoms with Crippen LogP contribution < -0.4 is 10.6 Å². The maximum absolute atomic E-state index is 12.7. The van der Waals surface area contributed by atoms with Crippen LogP contribution in [0.4, 0.5) is 0 Å². The SMILES string of the molecule is CC(=O)N[C@@H](C)c1ccc(Cc2cncc(C(=O)NCc3n[nH]c4ccc(Cl)cc34)c2)cc1. The maximum atomic E-state index is 12.7. The molecule has 168 valence electrons. The topological polar surface area (TPSA) is 99.8 Å². The highest BCUT2D eigenvalue weighted by Gasteiger charge is 2.11. The number of H-pyrrole nitrogens is 1. The van der Waals surface area contributed by atoms with Crippen LogP contribution >= 0.6 is 11.6 Å². The third-order valence-electron chi connectivity index (χ3n) is 5.39. The van der Waals surface area contributed by atoms with Gasteiger partial charge in [0.15, 0.2) is 0 Å². The number of hydrogen-bond acceptors (Lipinski definition) is 4. The summed E-state index contributed by atoms with van der Waals surface area (Å²) in [6.07, 6.45) is 3.95. The number of carbonyl (C=O) groups is 2. The zero-order chi connectivity index (χ0) is 23.4. The van der Waals surface area contributed by atoms with Crippen LogP contribution in [-0.2, 0) is 17.8 Å². The van der Waals surface area contributed by atoms with Crippen LogP contribution in [0.2, 0.25) is 5.02 Å². The van der Waals surface area contributed by atoms with Gasteiger partial charge in [0.25, 0.3) is 5.91 Å². The van der Waals surface area contributed by atoms with Crippen molar-refractivity contribution in [1.82, 2.24) is 25.8 Å². The van der Waals surface area contributed by atoms with Gasteiger partial charge in [-0.15, -0.1) is 0 Å². The summed E-state index contributed by atoms with van der Waals surface area (Å²) in [5.74, 6) is -0.279. The minimum absolute atomic E-state index is 0.0482. The number of benzene rings is 2. The summed E-state index contributed by atoms with van der Waals surface area (Å²) in [6.45, 7) is 3.73. The predicted octanol–water partition coefficient (Wildman–Crippen LogP) is 4.33. The number of fused-ring (bicyclic) bond motifs is 1. The van der Waals surface area contributed by atoms with Crippen molar-refractivity contribution < 1.29 is 9.59 Å². The zero-order valence-corrected chi connectivity index (χ0v) is 19.1. The summed E-state index contributed by atoms with van der Waals surface area (Å²) >= 11 is 6.08. The van der Waals surface area contributed by atoms with Gasteiger partial charge in [-0.25, -0.2) is 0 Å². The molecule has 2 heterocycles. The molecule has 0 saturated heterocycles. The fourth-order valence-electron chi connectivity index (χ4n) is 3.70. The highest BCUT2D eigenvalue weighted by molar-refractivity contribution is 6.31. The van der Waals surface area contributed by atoms with Gasteiger partial charge < -0.3 is 10.6 Å². The molecule has 0 aliphatic carbocycles. The van der Waals surface area contributed by atoms with E-state index in [1.165, 1.54) is 6.92 Å². The molecule has 2 aromatic heterocycles. The Hall–Kier alpha value is -3.71. The third kappa shape index (κ3) is 5.56. The van der Waals surface area contributed by atoms with Gasteiger partial charge >= 0.3 is 0 Å². The molecule has 4 rings (SSSR count). The number of aromatic amines is 1. The van der Waals surface area contributed by atoms with Crippen molar-refractivity contribution in [2.45, 2.75) is 32.9 Å². The minimum Gasteiger partial charge on any atom is -0.350 e. The molecule has 0 spiro atoms. The molecule has 7 nitrogen and oxygen atoms in total. The molecule has 2 amide bonds. The van der Waals surface area contributed by atoms with E-state index in [2.05, 4.69) is 25.8 Å². The molecule has 33 heavy (non-hydrogen) atoms. The largest absolute Gasteiger partial charge is 0.350 e. The van der Waals surface area contributed by atoms with E-state index in [9.17, 15) is 9.59 Å². The average Bonchev–Trinajstić information content (AvgIpc) is 3.19. The number of carbonyl (C=O) groups excluding carboxylic acids is 2. The Morgan fingerprint density at radius 1 is 1.06 bits per heavy atom. The summed E-state index contributed by atoms with van der Waals surface area (Å²) in [5, 5.41) is 14.5. The first kappa shape index (κ1) is 22.5. The van der Waals surface area contributed by atoms with Gasteiger partial charge in [0.05, 0.1) is 29.4 Å².